The standard InChI is InChI=1S/C26H25N3O5S/c1-18-6-10-20(11-7-18)21-12-8-19(9-13-21)15-17-35(33,34)24(26(31)32)14-16-29-25(30)22-4-2-3-5-23(22)27-28-29/h2-13,24H,14-17H2,1H3,(H,31,32). The van der Waals surface area contributed by atoms with E-state index < -0.39 is 26.6 Å². The number of carboxylic acids is 1. The average Bonchev–Trinajstić information content (AvgIpc) is 2.85. The molecule has 0 aliphatic carbocycles. The number of benzene rings is 3. The van der Waals surface area contributed by atoms with Crippen LogP contribution in [0.3, 0.4) is 0 Å². The van der Waals surface area contributed by atoms with Crippen molar-refractivity contribution in [1.82, 2.24) is 15.0 Å². The molecule has 1 heterocycles. The number of aliphatic carboxylic acids is 1. The zero-order chi connectivity index (χ0) is 25.0. The smallest absolute Gasteiger partial charge is 0.321 e. The fourth-order valence-corrected chi connectivity index (χ4v) is 5.45. The minimum atomic E-state index is -3.98. The Bertz CT molecular complexity index is 1510. The Labute approximate surface area is 202 Å². The van der Waals surface area contributed by atoms with Crippen LogP contribution in [-0.4, -0.2) is 45.5 Å². The van der Waals surface area contributed by atoms with Crippen molar-refractivity contribution < 1.29 is 18.3 Å². The van der Waals surface area contributed by atoms with E-state index in [2.05, 4.69) is 10.3 Å². The lowest BCUT2D eigenvalue weighted by atomic mass is 10.0. The third-order valence-corrected chi connectivity index (χ3v) is 8.03. The highest BCUT2D eigenvalue weighted by molar-refractivity contribution is 7.92. The van der Waals surface area contributed by atoms with E-state index in [1.807, 2.05) is 55.5 Å². The van der Waals surface area contributed by atoms with E-state index >= 15 is 0 Å². The van der Waals surface area contributed by atoms with Crippen molar-refractivity contribution in [3.8, 4) is 11.1 Å². The largest absolute Gasteiger partial charge is 0.480 e. The first kappa shape index (κ1) is 24.3. The summed E-state index contributed by atoms with van der Waals surface area (Å²) >= 11 is 0. The van der Waals surface area contributed by atoms with Crippen LogP contribution >= 0.6 is 0 Å². The number of hydrogen-bond acceptors (Lipinski definition) is 6. The van der Waals surface area contributed by atoms with Crippen LogP contribution in [0.25, 0.3) is 22.0 Å². The molecule has 3 aromatic carbocycles. The molecule has 0 saturated heterocycles. The molecule has 0 radical (unpaired) electrons. The number of hydrogen-bond donors (Lipinski definition) is 1. The van der Waals surface area contributed by atoms with Crippen molar-refractivity contribution in [2.75, 3.05) is 5.75 Å². The maximum atomic E-state index is 12.9. The van der Waals surface area contributed by atoms with Crippen LogP contribution in [-0.2, 0) is 27.6 Å². The van der Waals surface area contributed by atoms with Gasteiger partial charge in [0, 0.05) is 6.54 Å². The molecular formula is C26H25N3O5S. The Morgan fingerprint density at radius 2 is 1.60 bits per heavy atom. The lowest BCUT2D eigenvalue weighted by Gasteiger charge is -2.14. The molecule has 0 spiro atoms. The minimum Gasteiger partial charge on any atom is -0.480 e. The van der Waals surface area contributed by atoms with Gasteiger partial charge in [-0.3, -0.25) is 9.59 Å². The van der Waals surface area contributed by atoms with Crippen LogP contribution in [0.15, 0.2) is 77.6 Å². The summed E-state index contributed by atoms with van der Waals surface area (Å²) in [6.45, 7) is 1.85. The maximum absolute atomic E-state index is 12.9. The normalized spacial score (nSPS) is 12.5. The predicted molar refractivity (Wildman–Crippen MR) is 134 cm³/mol. The molecule has 0 aliphatic heterocycles. The second kappa shape index (κ2) is 10.2. The lowest BCUT2D eigenvalue weighted by molar-refractivity contribution is -0.136. The second-order valence-corrected chi connectivity index (χ2v) is 10.7. The fourth-order valence-electron chi connectivity index (χ4n) is 3.88. The third-order valence-electron chi connectivity index (χ3n) is 5.96. The van der Waals surface area contributed by atoms with Crippen LogP contribution in [0.2, 0.25) is 0 Å². The Balaban J connectivity index is 1.43. The van der Waals surface area contributed by atoms with Crippen molar-refractivity contribution in [2.45, 2.75) is 31.6 Å². The Kier molecular flexibility index (Phi) is 7.07. The summed E-state index contributed by atoms with van der Waals surface area (Å²) in [5.41, 5.74) is 4.02. The Morgan fingerprint density at radius 1 is 0.971 bits per heavy atom. The molecule has 180 valence electrons. The zero-order valence-electron chi connectivity index (χ0n) is 19.2. The monoisotopic (exact) mass is 491 g/mol. The topological polar surface area (TPSA) is 119 Å². The number of sulfone groups is 1. The van der Waals surface area contributed by atoms with E-state index in [4.69, 9.17) is 0 Å². The van der Waals surface area contributed by atoms with Gasteiger partial charge in [-0.25, -0.2) is 13.1 Å². The molecule has 1 atom stereocenters. The number of rotatable bonds is 9. The summed E-state index contributed by atoms with van der Waals surface area (Å²) in [5, 5.41) is 16.1. The summed E-state index contributed by atoms with van der Waals surface area (Å²) in [7, 11) is -3.98. The summed E-state index contributed by atoms with van der Waals surface area (Å²) < 4.78 is 26.8. The molecule has 0 amide bonds. The average molecular weight is 492 g/mol. The maximum Gasteiger partial charge on any atom is 0.321 e. The molecule has 4 aromatic rings. The van der Waals surface area contributed by atoms with Crippen molar-refractivity contribution in [3.63, 3.8) is 0 Å². The molecule has 0 fully saturated rings. The first-order chi connectivity index (χ1) is 16.7. The summed E-state index contributed by atoms with van der Waals surface area (Å²) in [5.74, 6) is -1.76. The Hall–Kier alpha value is -3.85. The first-order valence-corrected chi connectivity index (χ1v) is 12.9. The van der Waals surface area contributed by atoms with E-state index in [1.165, 1.54) is 5.56 Å². The SMILES string of the molecule is Cc1ccc(-c2ccc(CCS(=O)(=O)C(CCn3nnc4ccccc4c3=O)C(=O)O)cc2)cc1. The molecule has 0 saturated carbocycles. The van der Waals surface area contributed by atoms with Gasteiger partial charge < -0.3 is 5.11 Å². The van der Waals surface area contributed by atoms with Crippen LogP contribution in [0.5, 0.6) is 0 Å². The summed E-state index contributed by atoms with van der Waals surface area (Å²) in [6.07, 6.45) is -0.0903. The fraction of sp³-hybridized carbons (Fsp3) is 0.231. The molecule has 0 aliphatic rings. The number of fused-ring (bicyclic) bond motifs is 1. The lowest BCUT2D eigenvalue weighted by Crippen LogP contribution is -2.35. The van der Waals surface area contributed by atoms with Crippen molar-refractivity contribution in [3.05, 3.63) is 94.3 Å². The van der Waals surface area contributed by atoms with Crippen LogP contribution in [0, 0.1) is 6.92 Å². The number of aryl methyl sites for hydroxylation is 3. The molecule has 8 nitrogen and oxygen atoms in total. The van der Waals surface area contributed by atoms with Crippen molar-refractivity contribution in [2.24, 2.45) is 0 Å². The minimum absolute atomic E-state index is 0.169. The predicted octanol–water partition coefficient (Wildman–Crippen LogP) is 3.27. The van der Waals surface area contributed by atoms with Crippen LogP contribution in [0.1, 0.15) is 17.5 Å². The molecule has 4 rings (SSSR count). The molecule has 9 heteroatoms. The van der Waals surface area contributed by atoms with Gasteiger partial charge in [0.1, 0.15) is 5.52 Å². The molecular weight excluding hydrogens is 466 g/mol. The third kappa shape index (κ3) is 5.63. The van der Waals surface area contributed by atoms with Gasteiger partial charge in [0.05, 0.1) is 11.1 Å². The van der Waals surface area contributed by atoms with Gasteiger partial charge in [-0.2, -0.15) is 0 Å². The van der Waals surface area contributed by atoms with Gasteiger partial charge in [-0.15, -0.1) is 5.10 Å². The molecule has 1 aromatic heterocycles. The van der Waals surface area contributed by atoms with E-state index in [-0.39, 0.29) is 25.1 Å². The highest BCUT2D eigenvalue weighted by Gasteiger charge is 2.32. The number of aromatic nitrogens is 3. The van der Waals surface area contributed by atoms with Crippen molar-refractivity contribution >= 4 is 26.7 Å². The highest BCUT2D eigenvalue weighted by Crippen LogP contribution is 2.21. The first-order valence-electron chi connectivity index (χ1n) is 11.2. The van der Waals surface area contributed by atoms with Crippen LogP contribution in [0.4, 0.5) is 0 Å². The van der Waals surface area contributed by atoms with Gasteiger partial charge in [0.15, 0.2) is 15.1 Å². The molecule has 0 bridgehead atoms. The van der Waals surface area contributed by atoms with Crippen molar-refractivity contribution in [1.29, 1.82) is 0 Å². The molecule has 1 unspecified atom stereocenters. The molecule has 1 N–H and O–H groups in total. The van der Waals surface area contributed by atoms with E-state index in [1.54, 1.807) is 24.3 Å². The number of carboxylic acid groups (broad SMARTS) is 1. The van der Waals surface area contributed by atoms with E-state index in [0.29, 0.717) is 10.9 Å². The van der Waals surface area contributed by atoms with E-state index in [9.17, 15) is 23.1 Å². The quantitative estimate of drug-likeness (QED) is 0.382. The number of nitrogens with zero attached hydrogens (tertiary/aromatic N) is 3. The van der Waals surface area contributed by atoms with Gasteiger partial charge in [-0.1, -0.05) is 71.4 Å². The highest BCUT2D eigenvalue weighted by atomic mass is 32.2. The van der Waals surface area contributed by atoms with Gasteiger partial charge in [0.2, 0.25) is 0 Å². The number of carbonyl (C=O) groups is 1. The molecule has 35 heavy (non-hydrogen) atoms. The zero-order valence-corrected chi connectivity index (χ0v) is 20.0. The van der Waals surface area contributed by atoms with Gasteiger partial charge in [0.25, 0.3) is 5.56 Å². The summed E-state index contributed by atoms with van der Waals surface area (Å²) in [4.78, 5) is 24.4. The van der Waals surface area contributed by atoms with Gasteiger partial charge in [-0.05, 0) is 48.6 Å². The van der Waals surface area contributed by atoms with E-state index in [0.717, 1.165) is 21.4 Å². The van der Waals surface area contributed by atoms with Gasteiger partial charge >= 0.3 is 5.97 Å². The summed E-state index contributed by atoms with van der Waals surface area (Å²) in [6, 6.07) is 22.3. The Morgan fingerprint density at radius 3 is 2.26 bits per heavy atom. The van der Waals surface area contributed by atoms with Crippen LogP contribution < -0.4 is 5.56 Å². The second-order valence-electron chi connectivity index (χ2n) is 8.43.